The van der Waals surface area contributed by atoms with Crippen LogP contribution in [0, 0.1) is 15.9 Å². The Morgan fingerprint density at radius 3 is 2.31 bits per heavy atom. The van der Waals surface area contributed by atoms with E-state index in [9.17, 15) is 19.3 Å². The first-order chi connectivity index (χ1) is 14.0. The number of H-pyrrole nitrogens is 1. The van der Waals surface area contributed by atoms with Gasteiger partial charge >= 0.3 is 0 Å². The normalized spacial score (nSPS) is 14.1. The van der Waals surface area contributed by atoms with Crippen molar-refractivity contribution in [2.45, 2.75) is 0 Å². The van der Waals surface area contributed by atoms with Crippen molar-refractivity contribution in [3.05, 3.63) is 76.2 Å². The summed E-state index contributed by atoms with van der Waals surface area (Å²) in [7, 11) is 0. The molecule has 2 heterocycles. The molecule has 0 bridgehead atoms. The van der Waals surface area contributed by atoms with Crippen LogP contribution in [0.1, 0.15) is 10.5 Å². The fraction of sp³-hybridized carbons (Fsp3) is 0.200. The van der Waals surface area contributed by atoms with Gasteiger partial charge in [-0.3, -0.25) is 20.0 Å². The molecular formula is C20H18FN5O3. The van der Waals surface area contributed by atoms with Crippen molar-refractivity contribution >= 4 is 17.3 Å². The van der Waals surface area contributed by atoms with Crippen LogP contribution in [0.25, 0.3) is 11.3 Å². The van der Waals surface area contributed by atoms with E-state index in [0.717, 1.165) is 11.3 Å². The number of nitrogens with zero attached hydrogens (tertiary/aromatic N) is 4. The zero-order chi connectivity index (χ0) is 20.4. The van der Waals surface area contributed by atoms with Crippen LogP contribution in [0.2, 0.25) is 0 Å². The molecule has 0 unspecified atom stereocenters. The standard InChI is InChI=1S/C20H18FN5O3/c21-15-3-1-14(2-4-15)18-13-19(23-22-18)20(27)25-11-9-24(10-12-25)16-5-7-17(8-6-16)26(28)29/h1-8,13H,9-12H2,(H,22,23). The lowest BCUT2D eigenvalue weighted by molar-refractivity contribution is -0.384. The number of anilines is 1. The van der Waals surface area contributed by atoms with Crippen LogP contribution in [0.15, 0.2) is 54.6 Å². The van der Waals surface area contributed by atoms with E-state index in [2.05, 4.69) is 15.1 Å². The average molecular weight is 395 g/mol. The molecule has 1 aliphatic rings. The molecule has 1 aromatic heterocycles. The second-order valence-corrected chi connectivity index (χ2v) is 6.73. The van der Waals surface area contributed by atoms with Gasteiger partial charge in [0.15, 0.2) is 0 Å². The summed E-state index contributed by atoms with van der Waals surface area (Å²) < 4.78 is 13.1. The second-order valence-electron chi connectivity index (χ2n) is 6.73. The number of carbonyl (C=O) groups is 1. The van der Waals surface area contributed by atoms with Crippen molar-refractivity contribution in [3.63, 3.8) is 0 Å². The number of nitro benzene ring substituents is 1. The van der Waals surface area contributed by atoms with E-state index in [1.807, 2.05) is 0 Å². The Hall–Kier alpha value is -3.75. The number of carbonyl (C=O) groups excluding carboxylic acids is 1. The molecule has 29 heavy (non-hydrogen) atoms. The van der Waals surface area contributed by atoms with Gasteiger partial charge in [0.25, 0.3) is 11.6 Å². The van der Waals surface area contributed by atoms with Gasteiger partial charge in [0, 0.05) is 49.6 Å². The highest BCUT2D eigenvalue weighted by Gasteiger charge is 2.24. The number of piperazine rings is 1. The number of halogens is 1. The molecule has 2 aromatic carbocycles. The number of nitrogens with one attached hydrogen (secondary N) is 1. The quantitative estimate of drug-likeness (QED) is 0.541. The number of hydrogen-bond acceptors (Lipinski definition) is 5. The summed E-state index contributed by atoms with van der Waals surface area (Å²) in [6, 6.07) is 14.0. The molecular weight excluding hydrogens is 377 g/mol. The molecule has 0 radical (unpaired) electrons. The lowest BCUT2D eigenvalue weighted by Crippen LogP contribution is -2.48. The number of aromatic nitrogens is 2. The van der Waals surface area contributed by atoms with E-state index >= 15 is 0 Å². The van der Waals surface area contributed by atoms with Crippen molar-refractivity contribution in [1.82, 2.24) is 15.1 Å². The van der Waals surface area contributed by atoms with Gasteiger partial charge in [-0.25, -0.2) is 4.39 Å². The van der Waals surface area contributed by atoms with Crippen LogP contribution >= 0.6 is 0 Å². The Kier molecular flexibility index (Phi) is 4.94. The molecule has 0 aliphatic carbocycles. The number of hydrogen-bond donors (Lipinski definition) is 1. The van der Waals surface area contributed by atoms with Crippen molar-refractivity contribution in [1.29, 1.82) is 0 Å². The van der Waals surface area contributed by atoms with Crippen LogP contribution in [-0.4, -0.2) is 52.1 Å². The first kappa shape index (κ1) is 18.6. The van der Waals surface area contributed by atoms with E-state index in [-0.39, 0.29) is 17.4 Å². The van der Waals surface area contributed by atoms with Gasteiger partial charge < -0.3 is 9.80 Å². The maximum Gasteiger partial charge on any atom is 0.272 e. The molecule has 148 valence electrons. The topological polar surface area (TPSA) is 95.4 Å². The highest BCUT2D eigenvalue weighted by atomic mass is 19.1. The van der Waals surface area contributed by atoms with Gasteiger partial charge in [-0.1, -0.05) is 0 Å². The third-order valence-corrected chi connectivity index (χ3v) is 4.94. The van der Waals surface area contributed by atoms with E-state index in [1.54, 1.807) is 35.2 Å². The maximum absolute atomic E-state index is 13.1. The third kappa shape index (κ3) is 3.93. The largest absolute Gasteiger partial charge is 0.368 e. The van der Waals surface area contributed by atoms with Crippen LogP contribution in [0.3, 0.4) is 0 Å². The number of non-ortho nitro benzene ring substituents is 1. The molecule has 9 heteroatoms. The zero-order valence-electron chi connectivity index (χ0n) is 15.4. The van der Waals surface area contributed by atoms with Crippen molar-refractivity contribution in [2.75, 3.05) is 31.1 Å². The SMILES string of the molecule is O=C(c1cc(-c2ccc(F)cc2)n[nH]1)N1CCN(c2ccc([N+](=O)[O-])cc2)CC1. The van der Waals surface area contributed by atoms with Crippen LogP contribution in [-0.2, 0) is 0 Å². The predicted octanol–water partition coefficient (Wildman–Crippen LogP) is 3.09. The Bertz CT molecular complexity index is 1030. The van der Waals surface area contributed by atoms with Crippen molar-refractivity contribution in [3.8, 4) is 11.3 Å². The van der Waals surface area contributed by atoms with Gasteiger partial charge in [-0.2, -0.15) is 5.10 Å². The lowest BCUT2D eigenvalue weighted by Gasteiger charge is -2.35. The molecule has 3 aromatic rings. The van der Waals surface area contributed by atoms with Crippen molar-refractivity contribution < 1.29 is 14.1 Å². The van der Waals surface area contributed by atoms with Crippen LogP contribution in [0.4, 0.5) is 15.8 Å². The summed E-state index contributed by atoms with van der Waals surface area (Å²) in [4.78, 5) is 26.9. The van der Waals surface area contributed by atoms with E-state index in [1.165, 1.54) is 24.3 Å². The minimum absolute atomic E-state index is 0.0544. The minimum Gasteiger partial charge on any atom is -0.368 e. The summed E-state index contributed by atoms with van der Waals surface area (Å²) in [6.45, 7) is 2.31. The highest BCUT2D eigenvalue weighted by molar-refractivity contribution is 5.93. The number of benzene rings is 2. The Balaban J connectivity index is 1.39. The first-order valence-corrected chi connectivity index (χ1v) is 9.11. The molecule has 1 amide bonds. The summed E-state index contributed by atoms with van der Waals surface area (Å²) in [5.74, 6) is -0.472. The zero-order valence-corrected chi connectivity index (χ0v) is 15.4. The molecule has 1 aliphatic heterocycles. The lowest BCUT2D eigenvalue weighted by atomic mass is 10.1. The van der Waals surface area contributed by atoms with Gasteiger partial charge in [0.2, 0.25) is 0 Å². The van der Waals surface area contributed by atoms with Gasteiger partial charge in [-0.05, 0) is 42.5 Å². The Morgan fingerprint density at radius 2 is 1.69 bits per heavy atom. The summed E-state index contributed by atoms with van der Waals surface area (Å²) >= 11 is 0. The monoisotopic (exact) mass is 395 g/mol. The second kappa shape index (κ2) is 7.70. The molecule has 4 rings (SSSR count). The predicted molar refractivity (Wildman–Crippen MR) is 105 cm³/mol. The molecule has 1 fully saturated rings. The molecule has 0 saturated carbocycles. The van der Waals surface area contributed by atoms with Gasteiger partial charge in [0.05, 0.1) is 10.6 Å². The smallest absolute Gasteiger partial charge is 0.272 e. The van der Waals surface area contributed by atoms with Gasteiger partial charge in [-0.15, -0.1) is 0 Å². The van der Waals surface area contributed by atoms with E-state index in [0.29, 0.717) is 37.6 Å². The van der Waals surface area contributed by atoms with E-state index in [4.69, 9.17) is 0 Å². The fourth-order valence-corrected chi connectivity index (χ4v) is 3.32. The Labute approximate surface area is 165 Å². The summed E-state index contributed by atoms with van der Waals surface area (Å²) in [5, 5.41) is 17.7. The fourth-order valence-electron chi connectivity index (χ4n) is 3.32. The minimum atomic E-state index is -0.426. The first-order valence-electron chi connectivity index (χ1n) is 9.11. The maximum atomic E-state index is 13.1. The molecule has 8 nitrogen and oxygen atoms in total. The van der Waals surface area contributed by atoms with E-state index < -0.39 is 4.92 Å². The molecule has 1 N–H and O–H groups in total. The van der Waals surface area contributed by atoms with Crippen molar-refractivity contribution in [2.24, 2.45) is 0 Å². The summed E-state index contributed by atoms with van der Waals surface area (Å²) in [5.41, 5.74) is 2.64. The number of nitro groups is 1. The summed E-state index contributed by atoms with van der Waals surface area (Å²) in [6.07, 6.45) is 0. The Morgan fingerprint density at radius 1 is 1.03 bits per heavy atom. The van der Waals surface area contributed by atoms with Gasteiger partial charge in [0.1, 0.15) is 11.5 Å². The van der Waals surface area contributed by atoms with Crippen LogP contribution in [0.5, 0.6) is 0 Å². The number of rotatable bonds is 4. The van der Waals surface area contributed by atoms with Crippen LogP contribution < -0.4 is 4.90 Å². The molecule has 1 saturated heterocycles. The third-order valence-electron chi connectivity index (χ3n) is 4.94. The number of aromatic amines is 1. The number of amides is 1. The molecule has 0 spiro atoms. The highest BCUT2D eigenvalue weighted by Crippen LogP contribution is 2.22. The molecule has 0 atom stereocenters. The average Bonchev–Trinajstić information content (AvgIpc) is 3.24.